The highest BCUT2D eigenvalue weighted by Gasteiger charge is 2.23. The van der Waals surface area contributed by atoms with Crippen molar-refractivity contribution in [3.8, 4) is 5.75 Å². The van der Waals surface area contributed by atoms with Gasteiger partial charge in [-0.25, -0.2) is 0 Å². The third-order valence-corrected chi connectivity index (χ3v) is 6.49. The molecule has 0 radical (unpaired) electrons. The molecule has 1 aliphatic carbocycles. The van der Waals surface area contributed by atoms with E-state index in [0.29, 0.717) is 11.7 Å². The standard InChI is InChI=1S/C29H33NO2/c1-32-30(19-18-23-10-4-2-5-11-23)22-27-16-8-14-25(24-12-6-3-7-13-24)21-29(27)26-15-9-17-28(31)20-26/h2-7,9-13,15,17,20,25,31H,8,14,16,18-19,21-22H2,1H3. The molecule has 0 bridgehead atoms. The van der Waals surface area contributed by atoms with Gasteiger partial charge in [-0.1, -0.05) is 72.8 Å². The minimum atomic E-state index is 0.322. The minimum absolute atomic E-state index is 0.322. The normalized spacial score (nSPS) is 16.9. The maximum Gasteiger partial charge on any atom is 0.116 e. The largest absolute Gasteiger partial charge is 0.508 e. The number of allylic oxidation sites excluding steroid dienone is 1. The molecule has 3 aromatic rings. The number of aromatic hydroxyl groups is 1. The molecule has 0 saturated carbocycles. The number of hydrogen-bond donors (Lipinski definition) is 1. The van der Waals surface area contributed by atoms with Crippen molar-refractivity contribution in [2.75, 3.05) is 20.2 Å². The highest BCUT2D eigenvalue weighted by Crippen LogP contribution is 2.40. The predicted molar refractivity (Wildman–Crippen MR) is 131 cm³/mol. The van der Waals surface area contributed by atoms with Crippen LogP contribution in [0.15, 0.2) is 90.5 Å². The zero-order valence-electron chi connectivity index (χ0n) is 18.9. The van der Waals surface area contributed by atoms with Crippen molar-refractivity contribution in [3.63, 3.8) is 0 Å². The van der Waals surface area contributed by atoms with Crippen molar-refractivity contribution in [1.82, 2.24) is 5.06 Å². The predicted octanol–water partition coefficient (Wildman–Crippen LogP) is 6.61. The summed E-state index contributed by atoms with van der Waals surface area (Å²) in [5.41, 5.74) is 6.63. The van der Waals surface area contributed by atoms with Crippen LogP contribution in [-0.4, -0.2) is 30.4 Å². The highest BCUT2D eigenvalue weighted by atomic mass is 16.7. The summed E-state index contributed by atoms with van der Waals surface area (Å²) < 4.78 is 0. The molecule has 0 heterocycles. The summed E-state index contributed by atoms with van der Waals surface area (Å²) in [4.78, 5) is 5.78. The van der Waals surface area contributed by atoms with Gasteiger partial charge in [0, 0.05) is 13.1 Å². The molecule has 3 aromatic carbocycles. The molecule has 0 saturated heterocycles. The Morgan fingerprint density at radius 2 is 1.69 bits per heavy atom. The summed E-state index contributed by atoms with van der Waals surface area (Å²) in [6.07, 6.45) is 5.33. The highest BCUT2D eigenvalue weighted by molar-refractivity contribution is 5.71. The number of hydroxylamine groups is 2. The molecular formula is C29H33NO2. The smallest absolute Gasteiger partial charge is 0.116 e. The second-order valence-electron chi connectivity index (χ2n) is 8.62. The van der Waals surface area contributed by atoms with E-state index in [4.69, 9.17) is 4.84 Å². The maximum absolute atomic E-state index is 10.2. The molecule has 0 aromatic heterocycles. The maximum atomic E-state index is 10.2. The van der Waals surface area contributed by atoms with Gasteiger partial charge < -0.3 is 9.94 Å². The van der Waals surface area contributed by atoms with Gasteiger partial charge in [0.25, 0.3) is 0 Å². The Balaban J connectivity index is 1.60. The first-order valence-corrected chi connectivity index (χ1v) is 11.6. The average Bonchev–Trinajstić information content (AvgIpc) is 3.05. The van der Waals surface area contributed by atoms with E-state index in [0.717, 1.165) is 44.3 Å². The Labute approximate surface area is 191 Å². The first-order chi connectivity index (χ1) is 15.7. The van der Waals surface area contributed by atoms with Gasteiger partial charge in [0.05, 0.1) is 7.11 Å². The topological polar surface area (TPSA) is 32.7 Å². The Hall–Kier alpha value is -2.88. The van der Waals surface area contributed by atoms with Crippen LogP contribution in [0.4, 0.5) is 0 Å². The van der Waals surface area contributed by atoms with Crippen molar-refractivity contribution in [3.05, 3.63) is 107 Å². The van der Waals surface area contributed by atoms with Crippen LogP contribution in [0, 0.1) is 0 Å². The molecule has 1 aliphatic rings. The number of rotatable bonds is 8. The van der Waals surface area contributed by atoms with E-state index in [1.54, 1.807) is 13.2 Å². The molecule has 0 aliphatic heterocycles. The first kappa shape index (κ1) is 22.3. The first-order valence-electron chi connectivity index (χ1n) is 11.6. The number of phenolic OH excluding ortho intramolecular Hbond substituents is 1. The van der Waals surface area contributed by atoms with Crippen molar-refractivity contribution in [2.45, 2.75) is 38.0 Å². The van der Waals surface area contributed by atoms with Gasteiger partial charge in [-0.3, -0.25) is 0 Å². The van der Waals surface area contributed by atoms with Gasteiger partial charge in [-0.2, -0.15) is 5.06 Å². The number of hydrogen-bond acceptors (Lipinski definition) is 3. The van der Waals surface area contributed by atoms with E-state index in [2.05, 4.69) is 71.8 Å². The fourth-order valence-electron chi connectivity index (χ4n) is 4.75. The van der Waals surface area contributed by atoms with Crippen LogP contribution in [0.1, 0.15) is 48.3 Å². The molecular weight excluding hydrogens is 394 g/mol. The van der Waals surface area contributed by atoms with Gasteiger partial charge in [0.15, 0.2) is 0 Å². The zero-order valence-corrected chi connectivity index (χ0v) is 18.9. The summed E-state index contributed by atoms with van der Waals surface area (Å²) in [6, 6.07) is 29.1. The molecule has 4 rings (SSSR count). The second-order valence-corrected chi connectivity index (χ2v) is 8.62. The third kappa shape index (κ3) is 5.87. The summed E-state index contributed by atoms with van der Waals surface area (Å²) in [7, 11) is 1.77. The quantitative estimate of drug-likeness (QED) is 0.411. The van der Waals surface area contributed by atoms with E-state index in [-0.39, 0.29) is 0 Å². The van der Waals surface area contributed by atoms with E-state index in [1.807, 2.05) is 12.1 Å². The lowest BCUT2D eigenvalue weighted by atomic mass is 9.87. The minimum Gasteiger partial charge on any atom is -0.508 e. The number of phenols is 1. The Kier molecular flexibility index (Phi) is 7.76. The van der Waals surface area contributed by atoms with Crippen LogP contribution in [0.5, 0.6) is 5.75 Å². The summed E-state index contributed by atoms with van der Waals surface area (Å²) in [5, 5.41) is 12.2. The van der Waals surface area contributed by atoms with Gasteiger partial charge in [-0.05, 0) is 78.0 Å². The lowest BCUT2D eigenvalue weighted by Gasteiger charge is -2.24. The molecule has 3 nitrogen and oxygen atoms in total. The Morgan fingerprint density at radius 3 is 2.41 bits per heavy atom. The van der Waals surface area contributed by atoms with Gasteiger partial charge in [0.2, 0.25) is 0 Å². The van der Waals surface area contributed by atoms with E-state index >= 15 is 0 Å². The molecule has 0 fully saturated rings. The lowest BCUT2D eigenvalue weighted by Crippen LogP contribution is -2.27. The van der Waals surface area contributed by atoms with Gasteiger partial charge in [0.1, 0.15) is 5.75 Å². The zero-order chi connectivity index (χ0) is 22.2. The van der Waals surface area contributed by atoms with Crippen LogP contribution in [0.2, 0.25) is 0 Å². The number of benzene rings is 3. The molecule has 1 atom stereocenters. The monoisotopic (exact) mass is 427 g/mol. The van der Waals surface area contributed by atoms with Crippen LogP contribution in [0.25, 0.3) is 5.57 Å². The van der Waals surface area contributed by atoms with Crippen LogP contribution >= 0.6 is 0 Å². The van der Waals surface area contributed by atoms with Crippen LogP contribution in [-0.2, 0) is 11.3 Å². The fraction of sp³-hybridized carbons (Fsp3) is 0.310. The second kappa shape index (κ2) is 11.1. The molecule has 166 valence electrons. The van der Waals surface area contributed by atoms with Crippen molar-refractivity contribution in [2.24, 2.45) is 0 Å². The molecule has 1 unspecified atom stereocenters. The van der Waals surface area contributed by atoms with E-state index in [1.165, 1.54) is 28.7 Å². The molecule has 0 amide bonds. The SMILES string of the molecule is CON(CCc1ccccc1)CC1=C(c2cccc(O)c2)CC(c2ccccc2)CCC1. The van der Waals surface area contributed by atoms with Gasteiger partial charge >= 0.3 is 0 Å². The van der Waals surface area contributed by atoms with Gasteiger partial charge in [-0.15, -0.1) is 0 Å². The average molecular weight is 428 g/mol. The Morgan fingerprint density at radius 1 is 0.938 bits per heavy atom. The van der Waals surface area contributed by atoms with E-state index in [9.17, 15) is 5.11 Å². The molecule has 1 N–H and O–H groups in total. The lowest BCUT2D eigenvalue weighted by molar-refractivity contribution is -0.123. The van der Waals surface area contributed by atoms with Crippen molar-refractivity contribution >= 4 is 5.57 Å². The number of nitrogens with zero attached hydrogens (tertiary/aromatic N) is 1. The van der Waals surface area contributed by atoms with E-state index < -0.39 is 0 Å². The third-order valence-electron chi connectivity index (χ3n) is 6.49. The Bertz CT molecular complexity index is 1010. The van der Waals surface area contributed by atoms with Crippen LogP contribution in [0.3, 0.4) is 0 Å². The fourth-order valence-corrected chi connectivity index (χ4v) is 4.75. The summed E-state index contributed by atoms with van der Waals surface area (Å²) >= 11 is 0. The van der Waals surface area contributed by atoms with Crippen LogP contribution < -0.4 is 0 Å². The summed E-state index contributed by atoms with van der Waals surface area (Å²) in [6.45, 7) is 1.63. The molecule has 3 heteroatoms. The summed E-state index contributed by atoms with van der Waals surface area (Å²) in [5.74, 6) is 0.814. The molecule has 0 spiro atoms. The van der Waals surface area contributed by atoms with Crippen molar-refractivity contribution < 1.29 is 9.94 Å². The van der Waals surface area contributed by atoms with Crippen molar-refractivity contribution in [1.29, 1.82) is 0 Å². The molecule has 32 heavy (non-hydrogen) atoms.